The molecule has 8 nitrogen and oxygen atoms in total. The Bertz CT molecular complexity index is 1730. The average Bonchev–Trinajstić information content (AvgIpc) is 3.31. The van der Waals surface area contributed by atoms with Crippen LogP contribution in [0, 0.1) is 17.5 Å². The first-order chi connectivity index (χ1) is 20.7. The van der Waals surface area contributed by atoms with Crippen molar-refractivity contribution in [2.75, 3.05) is 0 Å². The van der Waals surface area contributed by atoms with Gasteiger partial charge in [0.1, 0.15) is 24.0 Å². The molecule has 230 valence electrons. The first kappa shape index (κ1) is 31.9. The van der Waals surface area contributed by atoms with Crippen molar-refractivity contribution in [2.45, 2.75) is 45.5 Å². The lowest BCUT2D eigenvalue weighted by Gasteiger charge is -2.22. The highest BCUT2D eigenvalue weighted by molar-refractivity contribution is 5.97. The van der Waals surface area contributed by atoms with Crippen LogP contribution in [-0.2, 0) is 30.4 Å². The molecule has 3 N–H and O–H groups in total. The summed E-state index contributed by atoms with van der Waals surface area (Å²) in [6.45, 7) is 1.73. The smallest absolute Gasteiger partial charge is 0.366 e. The van der Waals surface area contributed by atoms with Crippen molar-refractivity contribution in [1.29, 1.82) is 0 Å². The summed E-state index contributed by atoms with van der Waals surface area (Å²) in [5.41, 5.74) is 3.50. The molecule has 0 radical (unpaired) electrons. The van der Waals surface area contributed by atoms with E-state index >= 15 is 0 Å². The fourth-order valence-electron chi connectivity index (χ4n) is 4.93. The number of pyridine rings is 1. The number of carbonyl (C=O) groups excluding carboxylic acids is 3. The van der Waals surface area contributed by atoms with Crippen molar-refractivity contribution >= 4 is 17.6 Å². The summed E-state index contributed by atoms with van der Waals surface area (Å²) in [5, 5.41) is 6.15. The first-order valence-electron chi connectivity index (χ1n) is 13.2. The van der Waals surface area contributed by atoms with Gasteiger partial charge in [-0.25, -0.2) is 13.2 Å². The van der Waals surface area contributed by atoms with E-state index in [0.29, 0.717) is 11.6 Å². The van der Waals surface area contributed by atoms with E-state index in [2.05, 4.69) is 15.4 Å². The van der Waals surface area contributed by atoms with Crippen LogP contribution in [0.4, 0.5) is 26.3 Å². The van der Waals surface area contributed by atoms with Crippen molar-refractivity contribution in [3.63, 3.8) is 0 Å². The van der Waals surface area contributed by atoms with E-state index in [4.69, 9.17) is 5.73 Å². The lowest BCUT2D eigenvalue weighted by molar-refractivity contribution is -0.142. The summed E-state index contributed by atoms with van der Waals surface area (Å²) in [6.07, 6.45) is -3.88. The monoisotopic (exact) mass is 617 g/mol. The van der Waals surface area contributed by atoms with Gasteiger partial charge in [-0.15, -0.1) is 0 Å². The SMILES string of the molecule is CCc1c(C(C)=O)c(C(F)(F)F)nn1CC(=O)N[C@@H](Cc1cc(F)cc(F)c1)c1ncccc1-c1ccc(F)c(C(N)=O)c1. The van der Waals surface area contributed by atoms with Gasteiger partial charge in [-0.2, -0.15) is 18.3 Å². The quantitative estimate of drug-likeness (QED) is 0.184. The van der Waals surface area contributed by atoms with Crippen molar-refractivity contribution in [3.8, 4) is 11.1 Å². The molecule has 4 aromatic rings. The maximum absolute atomic E-state index is 14.2. The van der Waals surface area contributed by atoms with Crippen molar-refractivity contribution in [3.05, 3.63) is 106 Å². The molecule has 2 amide bonds. The van der Waals surface area contributed by atoms with E-state index in [9.17, 15) is 40.7 Å². The third kappa shape index (κ3) is 6.96. The summed E-state index contributed by atoms with van der Waals surface area (Å²) in [6, 6.07) is 8.17. The lowest BCUT2D eigenvalue weighted by Crippen LogP contribution is -2.34. The number of rotatable bonds is 10. The maximum Gasteiger partial charge on any atom is 0.435 e. The Morgan fingerprint density at radius 3 is 2.30 bits per heavy atom. The zero-order chi connectivity index (χ0) is 32.3. The van der Waals surface area contributed by atoms with Crippen LogP contribution in [0.3, 0.4) is 0 Å². The van der Waals surface area contributed by atoms with Gasteiger partial charge in [-0.1, -0.05) is 19.1 Å². The summed E-state index contributed by atoms with van der Waals surface area (Å²) in [7, 11) is 0. The molecule has 0 unspecified atom stereocenters. The number of hydrogen-bond donors (Lipinski definition) is 2. The molecule has 1 atom stereocenters. The molecule has 4 rings (SSSR count). The molecule has 2 heterocycles. The molecule has 0 bridgehead atoms. The topological polar surface area (TPSA) is 120 Å². The summed E-state index contributed by atoms with van der Waals surface area (Å²) in [4.78, 5) is 41.5. The zero-order valence-corrected chi connectivity index (χ0v) is 23.3. The lowest BCUT2D eigenvalue weighted by atomic mass is 9.94. The Labute approximate surface area is 246 Å². The summed E-state index contributed by atoms with van der Waals surface area (Å²) < 4.78 is 84.1. The van der Waals surface area contributed by atoms with Gasteiger partial charge in [0.15, 0.2) is 11.5 Å². The highest BCUT2D eigenvalue weighted by Gasteiger charge is 2.40. The maximum atomic E-state index is 14.2. The average molecular weight is 618 g/mol. The Hall–Kier alpha value is -5.01. The number of primary amides is 1. The third-order valence-corrected chi connectivity index (χ3v) is 6.72. The summed E-state index contributed by atoms with van der Waals surface area (Å²) >= 11 is 0. The Morgan fingerprint density at radius 1 is 1.02 bits per heavy atom. The van der Waals surface area contributed by atoms with Gasteiger partial charge >= 0.3 is 6.18 Å². The van der Waals surface area contributed by atoms with E-state index in [1.807, 2.05) is 0 Å². The van der Waals surface area contributed by atoms with E-state index in [0.717, 1.165) is 29.8 Å². The minimum atomic E-state index is -4.96. The molecule has 14 heteroatoms. The van der Waals surface area contributed by atoms with Crippen LogP contribution < -0.4 is 11.1 Å². The second-order valence-corrected chi connectivity index (χ2v) is 9.83. The number of benzene rings is 2. The van der Waals surface area contributed by atoms with Gasteiger partial charge in [0.2, 0.25) is 5.91 Å². The normalized spacial score (nSPS) is 12.2. The third-order valence-electron chi connectivity index (χ3n) is 6.72. The molecule has 2 aromatic carbocycles. The minimum absolute atomic E-state index is 0.0472. The molecule has 0 fully saturated rings. The fourth-order valence-corrected chi connectivity index (χ4v) is 4.93. The van der Waals surface area contributed by atoms with E-state index in [-0.39, 0.29) is 35.4 Å². The van der Waals surface area contributed by atoms with Gasteiger partial charge in [0.25, 0.3) is 5.91 Å². The zero-order valence-electron chi connectivity index (χ0n) is 23.3. The number of nitrogens with one attached hydrogen (secondary N) is 1. The Kier molecular flexibility index (Phi) is 9.21. The number of nitrogens with two attached hydrogens (primary N) is 1. The molecular formula is C30H25F6N5O3. The second kappa shape index (κ2) is 12.7. The summed E-state index contributed by atoms with van der Waals surface area (Å²) in [5.74, 6) is -5.43. The highest BCUT2D eigenvalue weighted by atomic mass is 19.4. The molecule has 0 saturated heterocycles. The number of amides is 2. The minimum Gasteiger partial charge on any atom is -0.366 e. The van der Waals surface area contributed by atoms with E-state index in [1.54, 1.807) is 6.07 Å². The van der Waals surface area contributed by atoms with E-state index in [1.165, 1.54) is 31.3 Å². The Morgan fingerprint density at radius 2 is 1.70 bits per heavy atom. The predicted molar refractivity (Wildman–Crippen MR) is 146 cm³/mol. The molecular weight excluding hydrogens is 592 g/mol. The molecule has 2 aromatic heterocycles. The van der Waals surface area contributed by atoms with Gasteiger partial charge in [-0.05, 0) is 61.2 Å². The number of Topliss-reactive ketones (excluding diaryl/α,β-unsaturated/α-hetero) is 1. The molecule has 44 heavy (non-hydrogen) atoms. The van der Waals surface area contributed by atoms with Crippen LogP contribution in [-0.4, -0.2) is 32.4 Å². The number of hydrogen-bond acceptors (Lipinski definition) is 5. The number of halogens is 6. The van der Waals surface area contributed by atoms with Gasteiger partial charge in [0, 0.05) is 17.8 Å². The van der Waals surface area contributed by atoms with Crippen molar-refractivity contribution in [2.24, 2.45) is 5.73 Å². The Balaban J connectivity index is 1.78. The number of nitrogens with zero attached hydrogens (tertiary/aromatic N) is 3. The predicted octanol–water partition coefficient (Wildman–Crippen LogP) is 5.35. The molecule has 0 aliphatic heterocycles. The van der Waals surface area contributed by atoms with Crippen LogP contribution in [0.1, 0.15) is 63.3 Å². The van der Waals surface area contributed by atoms with Crippen molar-refractivity contribution in [1.82, 2.24) is 20.1 Å². The highest BCUT2D eigenvalue weighted by Crippen LogP contribution is 2.34. The standard InChI is InChI=1S/C30H25F6N5O3/c1-3-24-26(15(2)42)28(30(34,35)36)40-41(24)14-25(43)39-23(11-16-9-18(31)13-19(32)10-16)27-20(5-4-8-38-27)17-6-7-22(33)21(12-17)29(37)44/h4-10,12-13,23H,3,11,14H2,1-2H3,(H2,37,44)(H,39,43)/t23-/m0/s1. The second-order valence-electron chi connectivity index (χ2n) is 9.83. The van der Waals surface area contributed by atoms with Crippen LogP contribution >= 0.6 is 0 Å². The van der Waals surface area contributed by atoms with Crippen LogP contribution in [0.5, 0.6) is 0 Å². The number of alkyl halides is 3. The number of aromatic nitrogens is 3. The van der Waals surface area contributed by atoms with Crippen LogP contribution in [0.2, 0.25) is 0 Å². The van der Waals surface area contributed by atoms with Gasteiger partial charge in [-0.3, -0.25) is 24.0 Å². The van der Waals surface area contributed by atoms with Crippen LogP contribution in [0.25, 0.3) is 11.1 Å². The van der Waals surface area contributed by atoms with E-state index < -0.39 is 70.6 Å². The molecule has 0 aliphatic rings. The van der Waals surface area contributed by atoms with Gasteiger partial charge in [0.05, 0.1) is 28.6 Å². The largest absolute Gasteiger partial charge is 0.435 e. The fraction of sp³-hybridized carbons (Fsp3) is 0.233. The number of ketones is 1. The number of carbonyl (C=O) groups is 3. The van der Waals surface area contributed by atoms with Crippen LogP contribution in [0.15, 0.2) is 54.7 Å². The van der Waals surface area contributed by atoms with Crippen molar-refractivity contribution < 1.29 is 40.7 Å². The van der Waals surface area contributed by atoms with Gasteiger partial charge < -0.3 is 11.1 Å². The first-order valence-corrected chi connectivity index (χ1v) is 13.2. The molecule has 0 spiro atoms. The molecule has 0 aliphatic carbocycles. The molecule has 0 saturated carbocycles.